The van der Waals surface area contributed by atoms with Gasteiger partial charge < -0.3 is 4.74 Å². The SMILES string of the molecule is Cc1cc(OCC2(CBr)CCCCC2)ccc1[N+](=O)[O-]. The summed E-state index contributed by atoms with van der Waals surface area (Å²) < 4.78 is 5.90. The lowest BCUT2D eigenvalue weighted by molar-refractivity contribution is -0.385. The zero-order valence-corrected chi connectivity index (χ0v) is 13.3. The van der Waals surface area contributed by atoms with Gasteiger partial charge in [-0.2, -0.15) is 0 Å². The van der Waals surface area contributed by atoms with E-state index in [1.807, 2.05) is 0 Å². The smallest absolute Gasteiger partial charge is 0.272 e. The number of rotatable bonds is 5. The summed E-state index contributed by atoms with van der Waals surface area (Å²) in [7, 11) is 0. The Morgan fingerprint density at radius 1 is 1.35 bits per heavy atom. The minimum absolute atomic E-state index is 0.144. The second-order valence-corrected chi connectivity index (χ2v) is 6.25. The van der Waals surface area contributed by atoms with Crippen LogP contribution in [0.15, 0.2) is 18.2 Å². The minimum atomic E-state index is -0.361. The standard InChI is InChI=1S/C15H20BrNO3/c1-12-9-13(5-6-14(12)17(18)19)20-11-15(10-16)7-3-2-4-8-15/h5-6,9H,2-4,7-8,10-11H2,1H3. The number of nitro benzene ring substituents is 1. The van der Waals surface area contributed by atoms with Crippen LogP contribution in [0.3, 0.4) is 0 Å². The van der Waals surface area contributed by atoms with Gasteiger partial charge in [0.2, 0.25) is 0 Å². The van der Waals surface area contributed by atoms with E-state index < -0.39 is 0 Å². The van der Waals surface area contributed by atoms with Crippen LogP contribution in [0.5, 0.6) is 5.75 Å². The van der Waals surface area contributed by atoms with Gasteiger partial charge in [0.1, 0.15) is 5.75 Å². The van der Waals surface area contributed by atoms with Crippen LogP contribution in [0.25, 0.3) is 0 Å². The molecule has 1 saturated carbocycles. The summed E-state index contributed by atoms with van der Waals surface area (Å²) in [6.07, 6.45) is 6.20. The van der Waals surface area contributed by atoms with Crippen LogP contribution in [0.4, 0.5) is 5.69 Å². The second kappa shape index (κ2) is 6.57. The number of nitro groups is 1. The van der Waals surface area contributed by atoms with Crippen LogP contribution < -0.4 is 4.74 Å². The van der Waals surface area contributed by atoms with Crippen molar-refractivity contribution in [3.05, 3.63) is 33.9 Å². The summed E-state index contributed by atoms with van der Waals surface area (Å²) in [6.45, 7) is 2.42. The highest BCUT2D eigenvalue weighted by molar-refractivity contribution is 9.09. The number of hydrogen-bond donors (Lipinski definition) is 0. The van der Waals surface area contributed by atoms with Crippen molar-refractivity contribution in [3.63, 3.8) is 0 Å². The Bertz CT molecular complexity index is 484. The van der Waals surface area contributed by atoms with Crippen molar-refractivity contribution in [1.82, 2.24) is 0 Å². The number of benzene rings is 1. The van der Waals surface area contributed by atoms with E-state index in [0.717, 1.165) is 11.1 Å². The van der Waals surface area contributed by atoms with Crippen molar-refractivity contribution < 1.29 is 9.66 Å². The molecule has 4 nitrogen and oxygen atoms in total. The van der Waals surface area contributed by atoms with Crippen molar-refractivity contribution in [1.29, 1.82) is 0 Å². The molecule has 110 valence electrons. The zero-order valence-electron chi connectivity index (χ0n) is 11.7. The number of aryl methyl sites for hydroxylation is 1. The van der Waals surface area contributed by atoms with Crippen molar-refractivity contribution >= 4 is 21.6 Å². The summed E-state index contributed by atoms with van der Waals surface area (Å²) in [5.74, 6) is 0.721. The molecular formula is C15H20BrNO3. The van der Waals surface area contributed by atoms with Crippen molar-refractivity contribution in [2.75, 3.05) is 11.9 Å². The molecular weight excluding hydrogens is 322 g/mol. The van der Waals surface area contributed by atoms with E-state index in [0.29, 0.717) is 12.2 Å². The topological polar surface area (TPSA) is 52.4 Å². The quantitative estimate of drug-likeness (QED) is 0.445. The number of ether oxygens (including phenoxy) is 1. The van der Waals surface area contributed by atoms with Crippen LogP contribution in [0.1, 0.15) is 37.7 Å². The van der Waals surface area contributed by atoms with Crippen molar-refractivity contribution in [2.24, 2.45) is 5.41 Å². The third kappa shape index (κ3) is 3.51. The Kier molecular flexibility index (Phi) is 5.02. The Morgan fingerprint density at radius 3 is 2.60 bits per heavy atom. The molecule has 20 heavy (non-hydrogen) atoms. The highest BCUT2D eigenvalue weighted by atomic mass is 79.9. The fraction of sp³-hybridized carbons (Fsp3) is 0.600. The molecule has 1 fully saturated rings. The maximum Gasteiger partial charge on any atom is 0.272 e. The van der Waals surface area contributed by atoms with E-state index in [9.17, 15) is 10.1 Å². The first kappa shape index (κ1) is 15.3. The van der Waals surface area contributed by atoms with E-state index in [2.05, 4.69) is 15.9 Å². The number of alkyl halides is 1. The highest BCUT2D eigenvalue weighted by Gasteiger charge is 2.31. The summed E-state index contributed by atoms with van der Waals surface area (Å²) in [4.78, 5) is 10.4. The summed E-state index contributed by atoms with van der Waals surface area (Å²) in [5, 5.41) is 11.7. The molecule has 0 atom stereocenters. The lowest BCUT2D eigenvalue weighted by Crippen LogP contribution is -2.32. The fourth-order valence-electron chi connectivity index (χ4n) is 2.78. The Balaban J connectivity index is 2.03. The molecule has 1 aromatic rings. The maximum absolute atomic E-state index is 10.8. The largest absolute Gasteiger partial charge is 0.493 e. The molecule has 0 unspecified atom stereocenters. The van der Waals surface area contributed by atoms with E-state index in [1.165, 1.54) is 38.2 Å². The normalized spacial score (nSPS) is 17.7. The van der Waals surface area contributed by atoms with Crippen LogP contribution >= 0.6 is 15.9 Å². The summed E-state index contributed by atoms with van der Waals surface area (Å²) in [6, 6.07) is 4.96. The number of hydrogen-bond acceptors (Lipinski definition) is 3. The molecule has 5 heteroatoms. The Labute approximate surface area is 127 Å². The third-order valence-electron chi connectivity index (χ3n) is 4.11. The fourth-order valence-corrected chi connectivity index (χ4v) is 3.50. The van der Waals surface area contributed by atoms with E-state index in [-0.39, 0.29) is 16.0 Å². The first-order chi connectivity index (χ1) is 9.56. The molecule has 1 aliphatic carbocycles. The minimum Gasteiger partial charge on any atom is -0.493 e. The van der Waals surface area contributed by atoms with Gasteiger partial charge in [0.05, 0.1) is 11.5 Å². The molecule has 0 aliphatic heterocycles. The average Bonchev–Trinajstić information content (AvgIpc) is 2.46. The van der Waals surface area contributed by atoms with Gasteiger partial charge in [-0.3, -0.25) is 10.1 Å². The van der Waals surface area contributed by atoms with E-state index in [1.54, 1.807) is 19.1 Å². The lowest BCUT2D eigenvalue weighted by Gasteiger charge is -2.35. The molecule has 1 aromatic carbocycles. The first-order valence-electron chi connectivity index (χ1n) is 7.00. The van der Waals surface area contributed by atoms with Crippen molar-refractivity contribution in [3.8, 4) is 5.75 Å². The first-order valence-corrected chi connectivity index (χ1v) is 8.12. The number of halogens is 1. The monoisotopic (exact) mass is 341 g/mol. The molecule has 0 bridgehead atoms. The van der Waals surface area contributed by atoms with Gasteiger partial charge in [-0.05, 0) is 31.9 Å². The van der Waals surface area contributed by atoms with Crippen LogP contribution in [-0.2, 0) is 0 Å². The molecule has 0 heterocycles. The van der Waals surface area contributed by atoms with Gasteiger partial charge in [0, 0.05) is 22.4 Å². The molecule has 0 saturated heterocycles. The average molecular weight is 342 g/mol. The van der Waals surface area contributed by atoms with E-state index in [4.69, 9.17) is 4.74 Å². The summed E-state index contributed by atoms with van der Waals surface area (Å²) >= 11 is 3.62. The summed E-state index contributed by atoms with van der Waals surface area (Å²) in [5.41, 5.74) is 1.00. The molecule has 0 radical (unpaired) electrons. The molecule has 0 N–H and O–H groups in total. The van der Waals surface area contributed by atoms with Gasteiger partial charge in [-0.15, -0.1) is 0 Å². The Morgan fingerprint density at radius 2 is 2.05 bits per heavy atom. The molecule has 0 aromatic heterocycles. The third-order valence-corrected chi connectivity index (χ3v) is 5.30. The van der Waals surface area contributed by atoms with Crippen molar-refractivity contribution in [2.45, 2.75) is 39.0 Å². The van der Waals surface area contributed by atoms with Gasteiger partial charge in [0.25, 0.3) is 5.69 Å². The predicted octanol–water partition coefficient (Wildman–Crippen LogP) is 4.63. The predicted molar refractivity (Wildman–Crippen MR) is 82.6 cm³/mol. The van der Waals surface area contributed by atoms with Crippen LogP contribution in [-0.4, -0.2) is 16.9 Å². The molecule has 0 spiro atoms. The van der Waals surface area contributed by atoms with E-state index >= 15 is 0 Å². The van der Waals surface area contributed by atoms with Gasteiger partial charge in [-0.25, -0.2) is 0 Å². The maximum atomic E-state index is 10.8. The van der Waals surface area contributed by atoms with Gasteiger partial charge >= 0.3 is 0 Å². The molecule has 2 rings (SSSR count). The zero-order chi connectivity index (χ0) is 14.6. The lowest BCUT2D eigenvalue weighted by atomic mass is 9.76. The second-order valence-electron chi connectivity index (χ2n) is 5.69. The van der Waals surface area contributed by atoms with Gasteiger partial charge in [0.15, 0.2) is 0 Å². The van der Waals surface area contributed by atoms with Gasteiger partial charge in [-0.1, -0.05) is 35.2 Å². The van der Waals surface area contributed by atoms with Crippen LogP contribution in [0, 0.1) is 22.5 Å². The highest BCUT2D eigenvalue weighted by Crippen LogP contribution is 2.38. The molecule has 1 aliphatic rings. The molecule has 0 amide bonds. The Hall–Kier alpha value is -1.10. The van der Waals surface area contributed by atoms with Crippen LogP contribution in [0.2, 0.25) is 0 Å². The number of nitrogens with zero attached hydrogens (tertiary/aromatic N) is 1.